The second-order valence-corrected chi connectivity index (χ2v) is 5.93. The van der Waals surface area contributed by atoms with Gasteiger partial charge in [0.1, 0.15) is 5.82 Å². The Balaban J connectivity index is 1.63. The molecule has 1 amide bonds. The largest absolute Gasteiger partial charge is 0.325 e. The van der Waals surface area contributed by atoms with Crippen molar-refractivity contribution in [2.24, 2.45) is 0 Å². The number of aromatic nitrogens is 3. The Bertz CT molecular complexity index is 836. The number of benzene rings is 1. The molecule has 2 heterocycles. The first-order valence-corrected chi connectivity index (χ1v) is 8.59. The lowest BCUT2D eigenvalue weighted by molar-refractivity contribution is -0.117. The van der Waals surface area contributed by atoms with Gasteiger partial charge >= 0.3 is 0 Å². The van der Waals surface area contributed by atoms with Gasteiger partial charge in [0, 0.05) is 18.3 Å². The monoisotopic (exact) mass is 337 g/mol. The van der Waals surface area contributed by atoms with Gasteiger partial charge in [0.2, 0.25) is 5.91 Å². The highest BCUT2D eigenvalue weighted by molar-refractivity contribution is 5.92. The van der Waals surface area contributed by atoms with Crippen molar-refractivity contribution in [1.29, 1.82) is 0 Å². The van der Waals surface area contributed by atoms with Crippen molar-refractivity contribution in [3.05, 3.63) is 60.0 Å². The highest BCUT2D eigenvalue weighted by Gasteiger charge is 2.08. The van der Waals surface area contributed by atoms with Crippen molar-refractivity contribution in [2.45, 2.75) is 20.3 Å². The molecule has 3 rings (SSSR count). The lowest BCUT2D eigenvalue weighted by Crippen LogP contribution is -2.32. The van der Waals surface area contributed by atoms with Crippen LogP contribution >= 0.6 is 0 Å². The Morgan fingerprint density at radius 3 is 2.56 bits per heavy atom. The van der Waals surface area contributed by atoms with Gasteiger partial charge in [-0.1, -0.05) is 32.0 Å². The normalized spacial score (nSPS) is 11.2. The highest BCUT2D eigenvalue weighted by Crippen LogP contribution is 2.13. The number of hydrogen-bond acceptors (Lipinski definition) is 4. The fourth-order valence-corrected chi connectivity index (χ4v) is 2.75. The molecule has 0 unspecified atom stereocenters. The van der Waals surface area contributed by atoms with Crippen molar-refractivity contribution >= 4 is 17.2 Å². The number of hydrogen-bond donors (Lipinski definition) is 1. The topological polar surface area (TPSA) is 62.5 Å². The molecule has 25 heavy (non-hydrogen) atoms. The summed E-state index contributed by atoms with van der Waals surface area (Å²) in [7, 11) is 0. The summed E-state index contributed by atoms with van der Waals surface area (Å²) >= 11 is 0. The maximum Gasteiger partial charge on any atom is 0.238 e. The summed E-state index contributed by atoms with van der Waals surface area (Å²) < 4.78 is 1.99. The van der Waals surface area contributed by atoms with E-state index in [9.17, 15) is 4.79 Å². The van der Waals surface area contributed by atoms with Crippen LogP contribution in [0.5, 0.6) is 0 Å². The van der Waals surface area contributed by atoms with Crippen molar-refractivity contribution in [3.8, 4) is 0 Å². The molecule has 0 atom stereocenters. The Morgan fingerprint density at radius 2 is 1.84 bits per heavy atom. The third kappa shape index (κ3) is 4.22. The van der Waals surface area contributed by atoms with Gasteiger partial charge in [-0.25, -0.2) is 0 Å². The Hall–Kier alpha value is -2.73. The molecule has 1 aromatic carbocycles. The zero-order valence-corrected chi connectivity index (χ0v) is 14.6. The van der Waals surface area contributed by atoms with Crippen LogP contribution in [0.2, 0.25) is 0 Å². The SMILES string of the molecule is CCN(CC)CC(=O)Nc1ccc(Cc2nnc3ccccn23)cc1. The first-order valence-electron chi connectivity index (χ1n) is 8.59. The van der Waals surface area contributed by atoms with Crippen LogP contribution < -0.4 is 5.32 Å². The number of pyridine rings is 1. The minimum Gasteiger partial charge on any atom is -0.325 e. The zero-order valence-electron chi connectivity index (χ0n) is 14.6. The first-order chi connectivity index (χ1) is 12.2. The summed E-state index contributed by atoms with van der Waals surface area (Å²) in [5, 5.41) is 11.4. The molecule has 0 fully saturated rings. The molecule has 0 aliphatic carbocycles. The summed E-state index contributed by atoms with van der Waals surface area (Å²) in [5.41, 5.74) is 2.78. The Labute approximate surface area is 147 Å². The molecule has 0 aliphatic heterocycles. The lowest BCUT2D eigenvalue weighted by atomic mass is 10.1. The van der Waals surface area contributed by atoms with E-state index >= 15 is 0 Å². The van der Waals surface area contributed by atoms with Gasteiger partial charge in [0.05, 0.1) is 6.54 Å². The van der Waals surface area contributed by atoms with Crippen LogP contribution in [0.15, 0.2) is 48.7 Å². The van der Waals surface area contributed by atoms with Gasteiger partial charge in [-0.15, -0.1) is 10.2 Å². The summed E-state index contributed by atoms with van der Waals surface area (Å²) in [4.78, 5) is 14.1. The van der Waals surface area contributed by atoms with Gasteiger partial charge in [0.25, 0.3) is 0 Å². The molecule has 0 spiro atoms. The van der Waals surface area contributed by atoms with E-state index in [0.29, 0.717) is 13.0 Å². The van der Waals surface area contributed by atoms with Gasteiger partial charge in [0.15, 0.2) is 5.65 Å². The molecule has 0 bridgehead atoms. The fraction of sp³-hybridized carbons (Fsp3) is 0.316. The minimum absolute atomic E-state index is 0.0138. The van der Waals surface area contributed by atoms with Crippen LogP contribution in [-0.4, -0.2) is 45.0 Å². The lowest BCUT2D eigenvalue weighted by Gasteiger charge is -2.17. The van der Waals surface area contributed by atoms with E-state index in [-0.39, 0.29) is 5.91 Å². The predicted molar refractivity (Wildman–Crippen MR) is 98.7 cm³/mol. The molecular formula is C19H23N5O. The molecule has 3 aromatic rings. The van der Waals surface area contributed by atoms with E-state index in [0.717, 1.165) is 35.8 Å². The molecule has 6 heteroatoms. The summed E-state index contributed by atoms with van der Waals surface area (Å²) in [6.07, 6.45) is 2.66. The second-order valence-electron chi connectivity index (χ2n) is 5.93. The summed E-state index contributed by atoms with van der Waals surface area (Å²) in [6, 6.07) is 13.7. The molecule has 0 radical (unpaired) electrons. The number of nitrogens with one attached hydrogen (secondary N) is 1. The van der Waals surface area contributed by atoms with Crippen molar-refractivity contribution < 1.29 is 4.79 Å². The van der Waals surface area contributed by atoms with Crippen LogP contribution in [0.3, 0.4) is 0 Å². The Morgan fingerprint density at radius 1 is 1.08 bits per heavy atom. The number of likely N-dealkylation sites (N-methyl/N-ethyl adjacent to an activating group) is 1. The number of nitrogens with zero attached hydrogens (tertiary/aromatic N) is 4. The smallest absolute Gasteiger partial charge is 0.238 e. The number of carbonyl (C=O) groups excluding carboxylic acids is 1. The summed E-state index contributed by atoms with van der Waals surface area (Å²) in [6.45, 7) is 6.27. The van der Waals surface area contributed by atoms with Crippen LogP contribution in [0.4, 0.5) is 5.69 Å². The molecule has 0 aliphatic rings. The molecule has 130 valence electrons. The molecule has 1 N–H and O–H groups in total. The molecule has 0 saturated carbocycles. The predicted octanol–water partition coefficient (Wildman–Crippen LogP) is 2.60. The number of fused-ring (bicyclic) bond motifs is 1. The van der Waals surface area contributed by atoms with Crippen LogP contribution in [0, 0.1) is 0 Å². The maximum absolute atomic E-state index is 12.1. The van der Waals surface area contributed by atoms with E-state index in [4.69, 9.17) is 0 Å². The van der Waals surface area contributed by atoms with Crippen molar-refractivity contribution in [3.63, 3.8) is 0 Å². The van der Waals surface area contributed by atoms with E-state index in [2.05, 4.69) is 34.3 Å². The van der Waals surface area contributed by atoms with Gasteiger partial charge in [-0.2, -0.15) is 0 Å². The van der Waals surface area contributed by atoms with E-state index in [1.165, 1.54) is 0 Å². The van der Waals surface area contributed by atoms with Gasteiger partial charge in [-0.05, 0) is 42.9 Å². The molecule has 2 aromatic heterocycles. The average molecular weight is 337 g/mol. The number of anilines is 1. The van der Waals surface area contributed by atoms with Gasteiger partial charge in [-0.3, -0.25) is 14.1 Å². The molecule has 0 saturated heterocycles. The standard InChI is InChI=1S/C19H23N5O/c1-3-23(4-2)14-19(25)20-16-10-8-15(9-11-16)13-18-22-21-17-7-5-6-12-24(17)18/h5-12H,3-4,13-14H2,1-2H3,(H,20,25). The van der Waals surface area contributed by atoms with Crippen LogP contribution in [0.25, 0.3) is 5.65 Å². The fourth-order valence-electron chi connectivity index (χ4n) is 2.75. The summed E-state index contributed by atoms with van der Waals surface area (Å²) in [5.74, 6) is 0.911. The maximum atomic E-state index is 12.1. The first kappa shape index (κ1) is 17.1. The third-order valence-electron chi connectivity index (χ3n) is 4.25. The van der Waals surface area contributed by atoms with Crippen LogP contribution in [0.1, 0.15) is 25.2 Å². The van der Waals surface area contributed by atoms with E-state index < -0.39 is 0 Å². The third-order valence-corrected chi connectivity index (χ3v) is 4.25. The van der Waals surface area contributed by atoms with E-state index in [1.807, 2.05) is 53.1 Å². The Kier molecular flexibility index (Phi) is 5.40. The van der Waals surface area contributed by atoms with Crippen molar-refractivity contribution in [2.75, 3.05) is 25.0 Å². The van der Waals surface area contributed by atoms with Gasteiger partial charge < -0.3 is 5.32 Å². The van der Waals surface area contributed by atoms with E-state index in [1.54, 1.807) is 0 Å². The quantitative estimate of drug-likeness (QED) is 0.720. The second kappa shape index (κ2) is 7.90. The zero-order chi connectivity index (χ0) is 17.6. The average Bonchev–Trinajstić information content (AvgIpc) is 3.04. The number of rotatable bonds is 7. The van der Waals surface area contributed by atoms with Crippen molar-refractivity contribution in [1.82, 2.24) is 19.5 Å². The van der Waals surface area contributed by atoms with Crippen LogP contribution in [-0.2, 0) is 11.2 Å². The minimum atomic E-state index is 0.0138. The highest BCUT2D eigenvalue weighted by atomic mass is 16.2. The molecule has 6 nitrogen and oxygen atoms in total. The number of amides is 1. The molecular weight excluding hydrogens is 314 g/mol. The number of carbonyl (C=O) groups is 1.